The Morgan fingerprint density at radius 3 is 2.57 bits per heavy atom. The molecule has 2 unspecified atom stereocenters. The smallest absolute Gasteiger partial charge is 0.252 e. The van der Waals surface area contributed by atoms with Gasteiger partial charge in [-0.1, -0.05) is 6.42 Å². The lowest BCUT2D eigenvalue weighted by Gasteiger charge is -2.45. The second kappa shape index (κ2) is 6.83. The standard InChI is InChI=1S/C22H31N5O/c1-12(2)27-21-18(11-24-27)17(10-19(25-21)13-6-7-13)22(28)26-20-14-4-3-5-15(20)9-16(23)8-14/h10-16,20H,3-9,23H2,1-2H3,(H,26,28). The summed E-state index contributed by atoms with van der Waals surface area (Å²) in [5.74, 6) is 1.57. The van der Waals surface area contributed by atoms with Crippen LogP contribution in [0.5, 0.6) is 0 Å². The summed E-state index contributed by atoms with van der Waals surface area (Å²) >= 11 is 0. The molecule has 2 bridgehead atoms. The van der Waals surface area contributed by atoms with E-state index in [-0.39, 0.29) is 18.0 Å². The fourth-order valence-corrected chi connectivity index (χ4v) is 5.45. The SMILES string of the molecule is CC(C)n1ncc2c(C(=O)NC3C4CCCC3CC(N)C4)cc(C3CC3)nc21. The molecule has 0 saturated heterocycles. The predicted octanol–water partition coefficient (Wildman–Crippen LogP) is 3.53. The summed E-state index contributed by atoms with van der Waals surface area (Å²) in [6, 6.07) is 2.79. The average Bonchev–Trinajstić information content (AvgIpc) is 3.40. The number of carbonyl (C=O) groups is 1. The van der Waals surface area contributed by atoms with Crippen LogP contribution in [0.1, 0.15) is 86.8 Å². The molecule has 1 amide bonds. The minimum atomic E-state index is 0.0370. The van der Waals surface area contributed by atoms with Gasteiger partial charge >= 0.3 is 0 Å². The zero-order valence-corrected chi connectivity index (χ0v) is 16.9. The summed E-state index contributed by atoms with van der Waals surface area (Å²) < 4.78 is 1.94. The maximum atomic E-state index is 13.4. The van der Waals surface area contributed by atoms with Gasteiger partial charge in [-0.25, -0.2) is 9.67 Å². The maximum Gasteiger partial charge on any atom is 0.252 e. The third kappa shape index (κ3) is 3.11. The highest BCUT2D eigenvalue weighted by Gasteiger charge is 2.40. The number of pyridine rings is 1. The Hall–Kier alpha value is -1.95. The number of carbonyl (C=O) groups excluding carboxylic acids is 1. The molecule has 3 N–H and O–H groups in total. The summed E-state index contributed by atoms with van der Waals surface area (Å²) in [4.78, 5) is 18.3. The van der Waals surface area contributed by atoms with E-state index in [4.69, 9.17) is 10.7 Å². The minimum absolute atomic E-state index is 0.0370. The Morgan fingerprint density at radius 2 is 1.93 bits per heavy atom. The number of aromatic nitrogens is 3. The molecule has 2 atom stereocenters. The Kier molecular flexibility index (Phi) is 4.42. The van der Waals surface area contributed by atoms with Crippen molar-refractivity contribution in [1.29, 1.82) is 0 Å². The van der Waals surface area contributed by atoms with Gasteiger partial charge in [-0.3, -0.25) is 4.79 Å². The van der Waals surface area contributed by atoms with E-state index < -0.39 is 0 Å². The molecule has 6 nitrogen and oxygen atoms in total. The molecule has 3 fully saturated rings. The third-order valence-electron chi connectivity index (χ3n) is 6.99. The molecule has 3 saturated carbocycles. The quantitative estimate of drug-likeness (QED) is 0.848. The summed E-state index contributed by atoms with van der Waals surface area (Å²) in [7, 11) is 0. The molecule has 2 aromatic rings. The van der Waals surface area contributed by atoms with Gasteiger partial charge in [0.2, 0.25) is 0 Å². The number of hydrogen-bond donors (Lipinski definition) is 2. The molecule has 5 rings (SSSR count). The van der Waals surface area contributed by atoms with E-state index in [1.807, 2.05) is 16.9 Å². The van der Waals surface area contributed by atoms with Crippen LogP contribution in [-0.4, -0.2) is 32.8 Å². The van der Waals surface area contributed by atoms with Crippen LogP contribution in [0.2, 0.25) is 0 Å². The van der Waals surface area contributed by atoms with Gasteiger partial charge in [0.25, 0.3) is 5.91 Å². The van der Waals surface area contributed by atoms with Crippen molar-refractivity contribution in [3.8, 4) is 0 Å². The van der Waals surface area contributed by atoms with Gasteiger partial charge in [0, 0.05) is 29.7 Å². The first-order valence-electron chi connectivity index (χ1n) is 11.0. The second-order valence-corrected chi connectivity index (χ2v) is 9.47. The average molecular weight is 382 g/mol. The first-order valence-corrected chi connectivity index (χ1v) is 11.0. The van der Waals surface area contributed by atoms with Gasteiger partial charge in [0.1, 0.15) is 0 Å². The highest BCUT2D eigenvalue weighted by molar-refractivity contribution is 6.05. The molecule has 0 radical (unpaired) electrons. The van der Waals surface area contributed by atoms with Crippen molar-refractivity contribution in [2.45, 2.75) is 82.8 Å². The van der Waals surface area contributed by atoms with Gasteiger partial charge in [-0.15, -0.1) is 0 Å². The lowest BCUT2D eigenvalue weighted by atomic mass is 9.67. The molecule has 0 aromatic carbocycles. The first kappa shape index (κ1) is 18.1. The number of nitrogens with two attached hydrogens (primary N) is 1. The monoisotopic (exact) mass is 381 g/mol. The highest BCUT2D eigenvalue weighted by Crippen LogP contribution is 2.41. The fraction of sp³-hybridized carbons (Fsp3) is 0.682. The molecule has 3 aliphatic rings. The van der Waals surface area contributed by atoms with Crippen LogP contribution < -0.4 is 11.1 Å². The van der Waals surface area contributed by atoms with Gasteiger partial charge in [-0.2, -0.15) is 5.10 Å². The van der Waals surface area contributed by atoms with E-state index in [1.165, 1.54) is 32.1 Å². The number of fused-ring (bicyclic) bond motifs is 3. The Bertz CT molecular complexity index is 886. The van der Waals surface area contributed by atoms with Gasteiger partial charge in [-0.05, 0) is 70.3 Å². The van der Waals surface area contributed by atoms with Crippen molar-refractivity contribution < 1.29 is 4.79 Å². The van der Waals surface area contributed by atoms with Crippen molar-refractivity contribution in [3.05, 3.63) is 23.5 Å². The van der Waals surface area contributed by atoms with E-state index in [9.17, 15) is 4.79 Å². The lowest BCUT2D eigenvalue weighted by molar-refractivity contribution is 0.0757. The van der Waals surface area contributed by atoms with E-state index >= 15 is 0 Å². The van der Waals surface area contributed by atoms with Crippen LogP contribution in [0.15, 0.2) is 12.3 Å². The maximum absolute atomic E-state index is 13.4. The molecule has 3 aliphatic carbocycles. The van der Waals surface area contributed by atoms with Crippen molar-refractivity contribution >= 4 is 16.9 Å². The highest BCUT2D eigenvalue weighted by atomic mass is 16.1. The van der Waals surface area contributed by atoms with Gasteiger partial charge < -0.3 is 11.1 Å². The van der Waals surface area contributed by atoms with Crippen molar-refractivity contribution in [2.75, 3.05) is 0 Å². The van der Waals surface area contributed by atoms with Crippen molar-refractivity contribution in [2.24, 2.45) is 17.6 Å². The number of nitrogens with one attached hydrogen (secondary N) is 1. The van der Waals surface area contributed by atoms with E-state index in [2.05, 4.69) is 24.3 Å². The summed E-state index contributed by atoms with van der Waals surface area (Å²) in [5.41, 5.74) is 8.90. The Labute approximate surface area is 166 Å². The molecular formula is C22H31N5O. The van der Waals surface area contributed by atoms with E-state index in [0.717, 1.165) is 35.1 Å². The molecule has 150 valence electrons. The molecule has 2 heterocycles. The predicted molar refractivity (Wildman–Crippen MR) is 109 cm³/mol. The van der Waals surface area contributed by atoms with Gasteiger partial charge in [0.15, 0.2) is 5.65 Å². The number of nitrogens with zero attached hydrogens (tertiary/aromatic N) is 3. The molecule has 0 aliphatic heterocycles. The summed E-state index contributed by atoms with van der Waals surface area (Å²) in [6.07, 6.45) is 9.84. The van der Waals surface area contributed by atoms with E-state index in [0.29, 0.717) is 23.8 Å². The number of amides is 1. The largest absolute Gasteiger partial charge is 0.349 e. The fourth-order valence-electron chi connectivity index (χ4n) is 5.45. The number of rotatable bonds is 4. The zero-order chi connectivity index (χ0) is 19.4. The van der Waals surface area contributed by atoms with Crippen molar-refractivity contribution in [3.63, 3.8) is 0 Å². The normalized spacial score (nSPS) is 30.0. The molecule has 28 heavy (non-hydrogen) atoms. The van der Waals surface area contributed by atoms with E-state index in [1.54, 1.807) is 0 Å². The topological polar surface area (TPSA) is 85.8 Å². The molecular weight excluding hydrogens is 350 g/mol. The van der Waals surface area contributed by atoms with Crippen LogP contribution in [0, 0.1) is 11.8 Å². The van der Waals surface area contributed by atoms with Crippen molar-refractivity contribution in [1.82, 2.24) is 20.1 Å². The van der Waals surface area contributed by atoms with Crippen LogP contribution in [0.3, 0.4) is 0 Å². The van der Waals surface area contributed by atoms with Crippen LogP contribution in [0.4, 0.5) is 0 Å². The summed E-state index contributed by atoms with van der Waals surface area (Å²) in [5, 5.41) is 8.81. The number of hydrogen-bond acceptors (Lipinski definition) is 4. The Morgan fingerprint density at radius 1 is 1.21 bits per heavy atom. The van der Waals surface area contributed by atoms with Crippen LogP contribution >= 0.6 is 0 Å². The second-order valence-electron chi connectivity index (χ2n) is 9.47. The first-order chi connectivity index (χ1) is 13.5. The zero-order valence-electron chi connectivity index (χ0n) is 16.9. The van der Waals surface area contributed by atoms with Crippen LogP contribution in [0.25, 0.3) is 11.0 Å². The van der Waals surface area contributed by atoms with Crippen LogP contribution in [-0.2, 0) is 0 Å². The molecule has 2 aromatic heterocycles. The minimum Gasteiger partial charge on any atom is -0.349 e. The summed E-state index contributed by atoms with van der Waals surface area (Å²) in [6.45, 7) is 4.20. The third-order valence-corrected chi connectivity index (χ3v) is 6.99. The molecule has 6 heteroatoms. The Balaban J connectivity index is 1.49. The lowest BCUT2D eigenvalue weighted by Crippen LogP contribution is -2.53. The molecule has 0 spiro atoms. The van der Waals surface area contributed by atoms with Gasteiger partial charge in [0.05, 0.1) is 17.1 Å².